The molecule has 2 atom stereocenters. The zero-order valence-electron chi connectivity index (χ0n) is 17.2. The molecule has 1 aliphatic rings. The van der Waals surface area contributed by atoms with Gasteiger partial charge in [0.2, 0.25) is 5.91 Å². The van der Waals surface area contributed by atoms with E-state index < -0.39 is 20.7 Å². The number of hydrogen-bond donors (Lipinski definition) is 3. The molecule has 8 nitrogen and oxygen atoms in total. The normalized spacial score (nSPS) is 19.3. The number of anilines is 2. The number of halogens is 2. The molecule has 170 valence electrons. The summed E-state index contributed by atoms with van der Waals surface area (Å²) in [4.78, 5) is 17.0. The minimum atomic E-state index is -4.17. The maximum atomic E-state index is 14.8. The Labute approximate surface area is 190 Å². The number of rotatable bonds is 8. The van der Waals surface area contributed by atoms with E-state index in [0.29, 0.717) is 5.69 Å². The molecule has 1 aromatic heterocycles. The summed E-state index contributed by atoms with van der Waals surface area (Å²) in [5.74, 6) is -1.000. The van der Waals surface area contributed by atoms with E-state index in [2.05, 4.69) is 20.3 Å². The Hall–Kier alpha value is -1.95. The zero-order chi connectivity index (χ0) is 22.6. The van der Waals surface area contributed by atoms with E-state index >= 15 is 0 Å². The van der Waals surface area contributed by atoms with Crippen molar-refractivity contribution in [2.45, 2.75) is 42.7 Å². The van der Waals surface area contributed by atoms with E-state index in [1.807, 2.05) is 11.9 Å². The van der Waals surface area contributed by atoms with Crippen LogP contribution < -0.4 is 15.4 Å². The van der Waals surface area contributed by atoms with Crippen LogP contribution in [0.25, 0.3) is 0 Å². The van der Waals surface area contributed by atoms with Crippen molar-refractivity contribution in [3.8, 4) is 0 Å². The molecule has 0 bridgehead atoms. The zero-order valence-corrected chi connectivity index (χ0v) is 19.6. The number of nitrogens with one attached hydrogen (secondary N) is 3. The van der Waals surface area contributed by atoms with Gasteiger partial charge in [-0.2, -0.15) is 0 Å². The molecule has 1 fully saturated rings. The van der Waals surface area contributed by atoms with E-state index in [-0.39, 0.29) is 34.7 Å². The van der Waals surface area contributed by atoms with Crippen molar-refractivity contribution in [2.75, 3.05) is 30.7 Å². The fourth-order valence-electron chi connectivity index (χ4n) is 3.72. The van der Waals surface area contributed by atoms with Gasteiger partial charge < -0.3 is 10.6 Å². The lowest BCUT2D eigenvalue weighted by atomic mass is 9.89. The molecule has 1 amide bonds. The van der Waals surface area contributed by atoms with Gasteiger partial charge in [0.15, 0.2) is 5.13 Å². The van der Waals surface area contributed by atoms with Gasteiger partial charge in [-0.15, -0.1) is 11.3 Å². The van der Waals surface area contributed by atoms with Crippen molar-refractivity contribution in [1.82, 2.24) is 15.2 Å². The molecule has 2 aromatic rings. The summed E-state index contributed by atoms with van der Waals surface area (Å²) in [5, 5.41) is 7.72. The first kappa shape index (κ1) is 23.7. The highest BCUT2D eigenvalue weighted by molar-refractivity contribution is 7.93. The van der Waals surface area contributed by atoms with Crippen LogP contribution in [0, 0.1) is 5.82 Å². The molecule has 1 aliphatic carbocycles. The summed E-state index contributed by atoms with van der Waals surface area (Å²) in [5.41, 5.74) is 0.317. The number of amides is 1. The third-order valence-corrected chi connectivity index (χ3v) is 7.76. The molecular weight excluding hydrogens is 465 g/mol. The van der Waals surface area contributed by atoms with Gasteiger partial charge in [0.05, 0.1) is 17.3 Å². The Morgan fingerprint density at radius 1 is 1.35 bits per heavy atom. The summed E-state index contributed by atoms with van der Waals surface area (Å²) in [6.45, 7) is 0.251. The van der Waals surface area contributed by atoms with E-state index in [4.69, 9.17) is 11.6 Å². The lowest BCUT2D eigenvalue weighted by Gasteiger charge is -2.38. The minimum Gasteiger partial charge on any atom is -0.379 e. The van der Waals surface area contributed by atoms with Crippen molar-refractivity contribution in [3.63, 3.8) is 0 Å². The van der Waals surface area contributed by atoms with Crippen LogP contribution >= 0.6 is 22.9 Å². The van der Waals surface area contributed by atoms with Crippen molar-refractivity contribution >= 4 is 49.7 Å². The Kier molecular flexibility index (Phi) is 7.73. The molecular formula is C19H25ClFN5O3S2. The second kappa shape index (κ2) is 10.1. The average molecular weight is 490 g/mol. The molecule has 1 saturated carbocycles. The number of hydrogen-bond acceptors (Lipinski definition) is 7. The molecule has 0 aliphatic heterocycles. The summed E-state index contributed by atoms with van der Waals surface area (Å²) < 4.78 is 42.1. The highest BCUT2D eigenvalue weighted by atomic mass is 35.5. The molecule has 31 heavy (non-hydrogen) atoms. The van der Waals surface area contributed by atoms with Gasteiger partial charge in [0.1, 0.15) is 10.7 Å². The third kappa shape index (κ3) is 5.85. The summed E-state index contributed by atoms with van der Waals surface area (Å²) in [6, 6.07) is 2.20. The Morgan fingerprint density at radius 2 is 2.10 bits per heavy atom. The predicted octanol–water partition coefficient (Wildman–Crippen LogP) is 3.14. The van der Waals surface area contributed by atoms with Gasteiger partial charge in [0.25, 0.3) is 10.0 Å². The maximum absolute atomic E-state index is 14.8. The van der Waals surface area contributed by atoms with Crippen LogP contribution in [0.4, 0.5) is 15.2 Å². The third-order valence-electron chi connectivity index (χ3n) is 5.27. The van der Waals surface area contributed by atoms with Gasteiger partial charge in [-0.05, 0) is 32.0 Å². The molecule has 0 radical (unpaired) electrons. The smallest absolute Gasteiger partial charge is 0.266 e. The second-order valence-electron chi connectivity index (χ2n) is 7.40. The highest BCUT2D eigenvalue weighted by Gasteiger charge is 2.30. The van der Waals surface area contributed by atoms with Crippen LogP contribution in [0.1, 0.15) is 25.7 Å². The standard InChI is InChI=1S/C19H25ClFN5O3S2/c1-22-18(27)11-26(2)16-6-4-3-5-14(16)24-15-10-13(21)17(9-12(15)20)31(28,29)25-19-23-7-8-30-19/h7-10,14,16,24H,3-6,11H2,1-2H3,(H,22,27)(H,23,25)/t14-,16-/m0/s1. The van der Waals surface area contributed by atoms with E-state index in [0.717, 1.165) is 49.2 Å². The minimum absolute atomic E-state index is 0.0557. The van der Waals surface area contributed by atoms with Gasteiger partial charge in [-0.3, -0.25) is 14.4 Å². The highest BCUT2D eigenvalue weighted by Crippen LogP contribution is 2.32. The van der Waals surface area contributed by atoms with Gasteiger partial charge in [0, 0.05) is 30.7 Å². The number of benzene rings is 1. The molecule has 12 heteroatoms. The van der Waals surface area contributed by atoms with Gasteiger partial charge in [-0.25, -0.2) is 17.8 Å². The number of sulfonamides is 1. The van der Waals surface area contributed by atoms with E-state index in [1.54, 1.807) is 12.4 Å². The van der Waals surface area contributed by atoms with Crippen LogP contribution in [0.5, 0.6) is 0 Å². The molecule has 0 unspecified atom stereocenters. The van der Waals surface area contributed by atoms with Crippen LogP contribution in [0.3, 0.4) is 0 Å². The van der Waals surface area contributed by atoms with E-state index in [9.17, 15) is 17.6 Å². The monoisotopic (exact) mass is 489 g/mol. The van der Waals surface area contributed by atoms with Gasteiger partial charge in [-0.1, -0.05) is 24.4 Å². The predicted molar refractivity (Wildman–Crippen MR) is 121 cm³/mol. The van der Waals surface area contributed by atoms with Crippen LogP contribution in [-0.2, 0) is 14.8 Å². The fourth-order valence-corrected chi connectivity index (χ4v) is 5.88. The lowest BCUT2D eigenvalue weighted by molar-refractivity contribution is -0.122. The van der Waals surface area contributed by atoms with Crippen LogP contribution in [0.15, 0.2) is 28.6 Å². The molecule has 1 heterocycles. The van der Waals surface area contributed by atoms with Crippen molar-refractivity contribution in [2.24, 2.45) is 0 Å². The average Bonchev–Trinajstić information content (AvgIpc) is 3.22. The summed E-state index contributed by atoms with van der Waals surface area (Å²) in [7, 11) is -0.700. The fraction of sp³-hybridized carbons (Fsp3) is 0.474. The number of carbonyl (C=O) groups excluding carboxylic acids is 1. The molecule has 1 aromatic carbocycles. The largest absolute Gasteiger partial charge is 0.379 e. The van der Waals surface area contributed by atoms with Crippen molar-refractivity contribution in [1.29, 1.82) is 0 Å². The first-order chi connectivity index (χ1) is 14.7. The number of carbonyl (C=O) groups is 1. The van der Waals surface area contributed by atoms with Crippen LogP contribution in [-0.4, -0.2) is 56.9 Å². The molecule has 3 N–H and O–H groups in total. The summed E-state index contributed by atoms with van der Waals surface area (Å²) >= 11 is 7.42. The number of likely N-dealkylation sites (N-methyl/N-ethyl adjacent to an activating group) is 2. The maximum Gasteiger partial charge on any atom is 0.266 e. The molecule has 3 rings (SSSR count). The Morgan fingerprint density at radius 3 is 2.77 bits per heavy atom. The van der Waals surface area contributed by atoms with Crippen molar-refractivity contribution < 1.29 is 17.6 Å². The lowest BCUT2D eigenvalue weighted by Crippen LogP contribution is -2.49. The SMILES string of the molecule is CNC(=O)CN(C)[C@H]1CCCC[C@@H]1Nc1cc(F)c(S(=O)(=O)Nc2nccs2)cc1Cl. The number of nitrogens with zero attached hydrogens (tertiary/aromatic N) is 2. The van der Waals surface area contributed by atoms with Gasteiger partial charge >= 0.3 is 0 Å². The Bertz CT molecular complexity index is 1020. The van der Waals surface area contributed by atoms with E-state index in [1.165, 1.54) is 6.20 Å². The quantitative estimate of drug-likeness (QED) is 0.526. The second-order valence-corrected chi connectivity index (χ2v) is 10.3. The Balaban J connectivity index is 1.79. The number of thiazole rings is 1. The number of aromatic nitrogens is 1. The van der Waals surface area contributed by atoms with Crippen molar-refractivity contribution in [3.05, 3.63) is 34.5 Å². The first-order valence-corrected chi connectivity index (χ1v) is 12.5. The van der Waals surface area contributed by atoms with Crippen LogP contribution in [0.2, 0.25) is 5.02 Å². The molecule has 0 spiro atoms. The first-order valence-electron chi connectivity index (χ1n) is 9.80. The summed E-state index contributed by atoms with van der Waals surface area (Å²) in [6.07, 6.45) is 5.18. The topological polar surface area (TPSA) is 103 Å². The molecule has 0 saturated heterocycles.